The van der Waals surface area contributed by atoms with Crippen molar-refractivity contribution in [1.82, 2.24) is 4.90 Å². The molecular formula is C16H24BrNO. The Hall–Kier alpha value is -0.540. The number of likely N-dealkylation sites (tertiary alicyclic amines) is 1. The number of benzene rings is 1. The molecule has 0 bridgehead atoms. The van der Waals surface area contributed by atoms with Crippen LogP contribution in [0.3, 0.4) is 0 Å². The third-order valence-electron chi connectivity index (χ3n) is 4.07. The van der Waals surface area contributed by atoms with Crippen molar-refractivity contribution in [2.45, 2.75) is 45.6 Å². The smallest absolute Gasteiger partial charge is 0.120 e. The Bertz CT molecular complexity index is 408. The molecule has 1 saturated heterocycles. The molecule has 1 heterocycles. The molecule has 2 nitrogen and oxygen atoms in total. The van der Waals surface area contributed by atoms with E-state index in [0.717, 1.165) is 35.6 Å². The van der Waals surface area contributed by atoms with E-state index < -0.39 is 0 Å². The normalized spacial score (nSPS) is 21.3. The van der Waals surface area contributed by atoms with Crippen molar-refractivity contribution in [3.05, 3.63) is 28.2 Å². The average Bonchev–Trinajstić information content (AvgIpc) is 2.60. The maximum absolute atomic E-state index is 9.92. The van der Waals surface area contributed by atoms with Gasteiger partial charge in [-0.1, -0.05) is 35.7 Å². The third kappa shape index (κ3) is 4.50. The zero-order chi connectivity index (χ0) is 13.7. The fourth-order valence-corrected chi connectivity index (χ4v) is 3.41. The predicted molar refractivity (Wildman–Crippen MR) is 83.3 cm³/mol. The Balaban J connectivity index is 1.94. The van der Waals surface area contributed by atoms with Crippen molar-refractivity contribution < 1.29 is 5.11 Å². The monoisotopic (exact) mass is 325 g/mol. The van der Waals surface area contributed by atoms with E-state index in [-0.39, 0.29) is 0 Å². The van der Waals surface area contributed by atoms with Gasteiger partial charge in [-0.05, 0) is 56.5 Å². The van der Waals surface area contributed by atoms with Gasteiger partial charge in [-0.15, -0.1) is 0 Å². The van der Waals surface area contributed by atoms with Crippen molar-refractivity contribution in [3.63, 3.8) is 0 Å². The lowest BCUT2D eigenvalue weighted by Crippen LogP contribution is -2.24. The lowest BCUT2D eigenvalue weighted by atomic mass is 9.96. The summed E-state index contributed by atoms with van der Waals surface area (Å²) in [6.07, 6.45) is 6.64. The third-order valence-corrected chi connectivity index (χ3v) is 4.57. The van der Waals surface area contributed by atoms with Crippen molar-refractivity contribution in [2.75, 3.05) is 13.1 Å². The van der Waals surface area contributed by atoms with Crippen molar-refractivity contribution in [3.8, 4) is 5.75 Å². The Morgan fingerprint density at radius 3 is 2.95 bits per heavy atom. The van der Waals surface area contributed by atoms with Gasteiger partial charge in [-0.25, -0.2) is 0 Å². The van der Waals surface area contributed by atoms with Crippen LogP contribution in [0.1, 0.15) is 44.6 Å². The molecule has 1 aromatic carbocycles. The Kier molecular flexibility index (Phi) is 5.71. The number of phenolic OH excluding ortho intramolecular Hbond substituents is 1. The summed E-state index contributed by atoms with van der Waals surface area (Å²) in [4.78, 5) is 2.48. The summed E-state index contributed by atoms with van der Waals surface area (Å²) in [5.74, 6) is 1.32. The SMILES string of the molecule is CCCC1CCCN(Cc2cc(Br)ccc2O)CC1. The Labute approximate surface area is 124 Å². The highest BCUT2D eigenvalue weighted by atomic mass is 79.9. The van der Waals surface area contributed by atoms with Gasteiger partial charge < -0.3 is 5.11 Å². The highest BCUT2D eigenvalue weighted by Gasteiger charge is 2.17. The summed E-state index contributed by atoms with van der Waals surface area (Å²) in [7, 11) is 0. The molecule has 1 aliphatic rings. The zero-order valence-corrected chi connectivity index (χ0v) is 13.3. The highest BCUT2D eigenvalue weighted by molar-refractivity contribution is 9.10. The van der Waals surface area contributed by atoms with Crippen LogP contribution in [0.4, 0.5) is 0 Å². The first-order valence-corrected chi connectivity index (χ1v) is 8.18. The van der Waals surface area contributed by atoms with Gasteiger partial charge in [0, 0.05) is 16.6 Å². The highest BCUT2D eigenvalue weighted by Crippen LogP contribution is 2.26. The largest absolute Gasteiger partial charge is 0.508 e. The second-order valence-corrected chi connectivity index (χ2v) is 6.55. The maximum Gasteiger partial charge on any atom is 0.120 e. The molecule has 1 atom stereocenters. The van der Waals surface area contributed by atoms with Crippen LogP contribution in [0.2, 0.25) is 0 Å². The second-order valence-electron chi connectivity index (χ2n) is 5.63. The minimum absolute atomic E-state index is 0.414. The molecule has 1 unspecified atom stereocenters. The molecule has 1 fully saturated rings. The van der Waals surface area contributed by atoms with Gasteiger partial charge in [0.2, 0.25) is 0 Å². The first-order valence-electron chi connectivity index (χ1n) is 7.38. The topological polar surface area (TPSA) is 23.5 Å². The lowest BCUT2D eigenvalue weighted by Gasteiger charge is -2.21. The molecule has 0 radical (unpaired) electrons. The molecule has 1 aromatic rings. The van der Waals surface area contributed by atoms with E-state index in [2.05, 4.69) is 27.8 Å². The molecule has 1 N–H and O–H groups in total. The van der Waals surface area contributed by atoms with Gasteiger partial charge in [-0.3, -0.25) is 4.90 Å². The number of phenols is 1. The quantitative estimate of drug-likeness (QED) is 0.877. The molecule has 0 aliphatic carbocycles. The van der Waals surface area contributed by atoms with Gasteiger partial charge in [0.15, 0.2) is 0 Å². The molecule has 0 saturated carbocycles. The second kappa shape index (κ2) is 7.30. The molecule has 1 aliphatic heterocycles. The lowest BCUT2D eigenvalue weighted by molar-refractivity contribution is 0.267. The van der Waals surface area contributed by atoms with E-state index in [4.69, 9.17) is 0 Å². The molecular weight excluding hydrogens is 302 g/mol. The minimum atomic E-state index is 0.414. The predicted octanol–water partition coefficient (Wildman–Crippen LogP) is 4.56. The van der Waals surface area contributed by atoms with Gasteiger partial charge in [0.25, 0.3) is 0 Å². The van der Waals surface area contributed by atoms with E-state index in [9.17, 15) is 5.11 Å². The van der Waals surface area contributed by atoms with Crippen molar-refractivity contribution in [2.24, 2.45) is 5.92 Å². The van der Waals surface area contributed by atoms with Gasteiger partial charge in [0.05, 0.1) is 0 Å². The van der Waals surface area contributed by atoms with Gasteiger partial charge in [-0.2, -0.15) is 0 Å². The van der Waals surface area contributed by atoms with E-state index in [1.165, 1.54) is 32.1 Å². The van der Waals surface area contributed by atoms with Crippen LogP contribution >= 0.6 is 15.9 Å². The molecule has 3 heteroatoms. The fraction of sp³-hybridized carbons (Fsp3) is 0.625. The van der Waals surface area contributed by atoms with Crippen LogP contribution in [-0.2, 0) is 6.54 Å². The minimum Gasteiger partial charge on any atom is -0.508 e. The number of nitrogens with zero attached hydrogens (tertiary/aromatic N) is 1. The van der Waals surface area contributed by atoms with Crippen LogP contribution in [0, 0.1) is 5.92 Å². The number of halogens is 1. The molecule has 0 spiro atoms. The molecule has 0 aromatic heterocycles. The van der Waals surface area contributed by atoms with E-state index in [1.807, 2.05) is 12.1 Å². The molecule has 0 amide bonds. The van der Waals surface area contributed by atoms with E-state index in [1.54, 1.807) is 6.07 Å². The summed E-state index contributed by atoms with van der Waals surface area (Å²) in [5.41, 5.74) is 1.03. The van der Waals surface area contributed by atoms with Crippen LogP contribution < -0.4 is 0 Å². The average molecular weight is 326 g/mol. The van der Waals surface area contributed by atoms with Crippen molar-refractivity contribution >= 4 is 15.9 Å². The number of hydrogen-bond donors (Lipinski definition) is 1. The molecule has 19 heavy (non-hydrogen) atoms. The number of rotatable bonds is 4. The van der Waals surface area contributed by atoms with Gasteiger partial charge >= 0.3 is 0 Å². The molecule has 2 rings (SSSR count). The summed E-state index contributed by atoms with van der Waals surface area (Å²) in [6, 6.07) is 5.69. The van der Waals surface area contributed by atoms with Gasteiger partial charge in [0.1, 0.15) is 5.75 Å². The molecule has 106 valence electrons. The first kappa shape index (κ1) is 14.9. The Morgan fingerprint density at radius 1 is 1.32 bits per heavy atom. The van der Waals surface area contributed by atoms with Crippen LogP contribution in [0.15, 0.2) is 22.7 Å². The van der Waals surface area contributed by atoms with Crippen LogP contribution in [-0.4, -0.2) is 23.1 Å². The van der Waals surface area contributed by atoms with Crippen molar-refractivity contribution in [1.29, 1.82) is 0 Å². The number of aromatic hydroxyl groups is 1. The van der Waals surface area contributed by atoms with Crippen LogP contribution in [0.5, 0.6) is 5.75 Å². The Morgan fingerprint density at radius 2 is 2.16 bits per heavy atom. The maximum atomic E-state index is 9.92. The summed E-state index contributed by atoms with van der Waals surface area (Å²) >= 11 is 3.48. The standard InChI is InChI=1S/C16H24BrNO/c1-2-4-13-5-3-9-18(10-8-13)12-14-11-15(17)6-7-16(14)19/h6-7,11,13,19H,2-5,8-10,12H2,1H3. The number of hydrogen-bond acceptors (Lipinski definition) is 2. The summed E-state index contributed by atoms with van der Waals surface area (Å²) < 4.78 is 1.04. The zero-order valence-electron chi connectivity index (χ0n) is 11.7. The van der Waals surface area contributed by atoms with E-state index >= 15 is 0 Å². The first-order chi connectivity index (χ1) is 9.19. The summed E-state index contributed by atoms with van der Waals surface area (Å²) in [5, 5.41) is 9.92. The fourth-order valence-electron chi connectivity index (χ4n) is 3.00. The van der Waals surface area contributed by atoms with E-state index in [0.29, 0.717) is 5.75 Å². The van der Waals surface area contributed by atoms with Crippen LogP contribution in [0.25, 0.3) is 0 Å². The summed E-state index contributed by atoms with van der Waals surface area (Å²) in [6.45, 7) is 5.47.